The third kappa shape index (κ3) is 4.40. The highest BCUT2D eigenvalue weighted by atomic mass is 16.5. The second-order valence-electron chi connectivity index (χ2n) is 10.6. The van der Waals surface area contributed by atoms with Crippen molar-refractivity contribution < 1.29 is 19.1 Å². The number of hydrogen-bond donors (Lipinski definition) is 0. The molecule has 2 saturated heterocycles. The van der Waals surface area contributed by atoms with Gasteiger partial charge in [0.15, 0.2) is 0 Å². The molecule has 5 rings (SSSR count). The molecular formula is C24H40N2O4. The van der Waals surface area contributed by atoms with Crippen molar-refractivity contribution in [1.82, 2.24) is 9.80 Å². The molecule has 2 atom stereocenters. The van der Waals surface area contributed by atoms with Crippen LogP contribution in [0.2, 0.25) is 0 Å². The van der Waals surface area contributed by atoms with Crippen molar-refractivity contribution in [3.63, 3.8) is 0 Å². The lowest BCUT2D eigenvalue weighted by atomic mass is 9.53. The van der Waals surface area contributed by atoms with Gasteiger partial charge in [-0.15, -0.1) is 0 Å². The van der Waals surface area contributed by atoms with Gasteiger partial charge in [0.2, 0.25) is 11.8 Å². The fourth-order valence-electron chi connectivity index (χ4n) is 6.48. The maximum Gasteiger partial charge on any atom is 0.228 e. The fourth-order valence-corrected chi connectivity index (χ4v) is 6.48. The van der Waals surface area contributed by atoms with E-state index in [1.165, 1.54) is 0 Å². The molecule has 5 aliphatic rings. The van der Waals surface area contributed by atoms with E-state index in [0.29, 0.717) is 23.7 Å². The number of ether oxygens (including phenoxy) is 2. The molecule has 2 bridgehead atoms. The molecule has 2 unspecified atom stereocenters. The predicted molar refractivity (Wildman–Crippen MR) is 115 cm³/mol. The maximum absolute atomic E-state index is 13.4. The lowest BCUT2D eigenvalue weighted by Gasteiger charge is -2.53. The Morgan fingerprint density at radius 3 is 1.40 bits per heavy atom. The molecule has 0 aromatic heterocycles. The van der Waals surface area contributed by atoms with Gasteiger partial charge in [0, 0.05) is 51.2 Å². The summed E-state index contributed by atoms with van der Waals surface area (Å²) in [6.07, 6.45) is 9.69. The predicted octanol–water partition coefficient (Wildman–Crippen LogP) is 3.10. The van der Waals surface area contributed by atoms with Crippen LogP contribution in [0, 0.1) is 22.7 Å². The zero-order chi connectivity index (χ0) is 21.2. The van der Waals surface area contributed by atoms with Gasteiger partial charge in [-0.1, -0.05) is 0 Å². The maximum atomic E-state index is 13.4. The first kappa shape index (κ1) is 22.1. The molecule has 3 saturated carbocycles. The van der Waals surface area contributed by atoms with Crippen LogP contribution in [0.4, 0.5) is 0 Å². The topological polar surface area (TPSA) is 59.1 Å². The molecule has 0 aromatic carbocycles. The Labute approximate surface area is 181 Å². The smallest absolute Gasteiger partial charge is 0.228 e. The van der Waals surface area contributed by atoms with Gasteiger partial charge >= 0.3 is 0 Å². The summed E-state index contributed by atoms with van der Waals surface area (Å²) in [6, 6.07) is 0. The number of fused-ring (bicyclic) bond motifs is 3. The van der Waals surface area contributed by atoms with E-state index in [1.807, 2.05) is 23.9 Å². The Bertz CT molecular complexity index is 546. The van der Waals surface area contributed by atoms with Gasteiger partial charge in [-0.3, -0.25) is 9.59 Å². The molecule has 5 fully saturated rings. The molecule has 30 heavy (non-hydrogen) atoms. The van der Waals surface area contributed by atoms with Gasteiger partial charge in [-0.05, 0) is 76.0 Å². The van der Waals surface area contributed by atoms with Crippen molar-refractivity contribution >= 4 is 11.8 Å². The lowest BCUT2D eigenvalue weighted by Crippen LogP contribution is -2.56. The third-order valence-electron chi connectivity index (χ3n) is 8.42. The van der Waals surface area contributed by atoms with Crippen LogP contribution in [0.3, 0.4) is 0 Å². The van der Waals surface area contributed by atoms with Crippen molar-refractivity contribution in [2.24, 2.45) is 22.7 Å². The second-order valence-corrected chi connectivity index (χ2v) is 10.6. The molecule has 2 aliphatic heterocycles. The summed E-state index contributed by atoms with van der Waals surface area (Å²) in [7, 11) is 3.93. The fraction of sp³-hybridized carbons (Fsp3) is 0.917. The number of amides is 2. The normalized spacial score (nSPS) is 36.3. The minimum Gasteiger partial charge on any atom is -0.381 e. The number of rotatable bonds is 6. The molecule has 3 aliphatic carbocycles. The van der Waals surface area contributed by atoms with E-state index < -0.39 is 0 Å². The molecule has 0 aromatic rings. The monoisotopic (exact) mass is 420 g/mol. The van der Waals surface area contributed by atoms with E-state index in [9.17, 15) is 9.59 Å². The molecule has 0 radical (unpaired) electrons. The van der Waals surface area contributed by atoms with Gasteiger partial charge in [-0.25, -0.2) is 0 Å². The Balaban J connectivity index is 1.32. The van der Waals surface area contributed by atoms with Crippen LogP contribution in [-0.4, -0.2) is 75.2 Å². The highest BCUT2D eigenvalue weighted by Gasteiger charge is 2.56. The summed E-state index contributed by atoms with van der Waals surface area (Å²) in [6.45, 7) is 4.88. The van der Waals surface area contributed by atoms with Crippen LogP contribution in [0.1, 0.15) is 64.2 Å². The molecule has 170 valence electrons. The lowest BCUT2D eigenvalue weighted by molar-refractivity contribution is -0.162. The van der Waals surface area contributed by atoms with E-state index in [2.05, 4.69) is 0 Å². The van der Waals surface area contributed by atoms with Crippen LogP contribution in [-0.2, 0) is 19.1 Å². The Hall–Kier alpha value is -1.14. The molecule has 2 amide bonds. The van der Waals surface area contributed by atoms with Gasteiger partial charge < -0.3 is 19.3 Å². The zero-order valence-corrected chi connectivity index (χ0v) is 19.0. The van der Waals surface area contributed by atoms with Gasteiger partial charge in [0.1, 0.15) is 0 Å². The van der Waals surface area contributed by atoms with Crippen LogP contribution >= 0.6 is 0 Å². The van der Waals surface area contributed by atoms with Gasteiger partial charge in [-0.2, -0.15) is 0 Å². The Kier molecular flexibility index (Phi) is 6.73. The molecule has 6 heteroatoms. The molecule has 6 nitrogen and oxygen atoms in total. The summed E-state index contributed by atoms with van der Waals surface area (Å²) in [5.74, 6) is 1.55. The van der Waals surface area contributed by atoms with Crippen molar-refractivity contribution in [2.45, 2.75) is 64.2 Å². The van der Waals surface area contributed by atoms with E-state index in [-0.39, 0.29) is 10.8 Å². The second kappa shape index (κ2) is 9.15. The van der Waals surface area contributed by atoms with Crippen LogP contribution < -0.4 is 0 Å². The van der Waals surface area contributed by atoms with E-state index >= 15 is 0 Å². The van der Waals surface area contributed by atoms with Gasteiger partial charge in [0.05, 0.1) is 13.2 Å². The number of hydrogen-bond acceptors (Lipinski definition) is 4. The number of carbonyl (C=O) groups is 2. The van der Waals surface area contributed by atoms with Crippen molar-refractivity contribution in [2.75, 3.05) is 53.6 Å². The molecule has 0 spiro atoms. The number of nitrogens with zero attached hydrogens (tertiary/aromatic N) is 2. The number of carbonyl (C=O) groups excluding carboxylic acids is 2. The van der Waals surface area contributed by atoms with Crippen molar-refractivity contribution in [3.8, 4) is 0 Å². The largest absolute Gasteiger partial charge is 0.381 e. The van der Waals surface area contributed by atoms with Crippen molar-refractivity contribution in [1.29, 1.82) is 0 Å². The minimum absolute atomic E-state index is 0.234. The van der Waals surface area contributed by atoms with Crippen LogP contribution in [0.15, 0.2) is 0 Å². The molecular weight excluding hydrogens is 380 g/mol. The Morgan fingerprint density at radius 1 is 0.733 bits per heavy atom. The van der Waals surface area contributed by atoms with Gasteiger partial charge in [0.25, 0.3) is 0 Å². The summed E-state index contributed by atoms with van der Waals surface area (Å²) >= 11 is 0. The summed E-state index contributed by atoms with van der Waals surface area (Å²) in [5.41, 5.74) is -0.468. The first-order chi connectivity index (χ1) is 14.4. The van der Waals surface area contributed by atoms with E-state index in [1.54, 1.807) is 0 Å². The summed E-state index contributed by atoms with van der Waals surface area (Å²) < 4.78 is 11.2. The van der Waals surface area contributed by atoms with E-state index in [0.717, 1.165) is 104 Å². The Morgan fingerprint density at radius 2 is 1.10 bits per heavy atom. The summed E-state index contributed by atoms with van der Waals surface area (Å²) in [5, 5.41) is 0. The quantitative estimate of drug-likeness (QED) is 0.663. The standard InChI is InChI=1S/C24H40N2O4/c1-25(15-19-5-3-13-29-17-19)21(27)23-7-10-24(11-8-23,12-9-23)22(28)26(2)16-20-6-4-14-30-18-20/h19-20H,3-18H2,1-2H3. The third-order valence-corrected chi connectivity index (χ3v) is 8.42. The summed E-state index contributed by atoms with van der Waals surface area (Å²) in [4.78, 5) is 30.7. The minimum atomic E-state index is -0.234. The zero-order valence-electron chi connectivity index (χ0n) is 19.0. The molecule has 0 N–H and O–H groups in total. The van der Waals surface area contributed by atoms with E-state index in [4.69, 9.17) is 9.47 Å². The average Bonchev–Trinajstić information content (AvgIpc) is 2.80. The first-order valence-corrected chi connectivity index (χ1v) is 12.1. The first-order valence-electron chi connectivity index (χ1n) is 12.1. The average molecular weight is 421 g/mol. The highest BCUT2D eigenvalue weighted by Crippen LogP contribution is 2.58. The van der Waals surface area contributed by atoms with Crippen LogP contribution in [0.5, 0.6) is 0 Å². The van der Waals surface area contributed by atoms with Crippen molar-refractivity contribution in [3.05, 3.63) is 0 Å². The molecule has 2 heterocycles. The highest BCUT2D eigenvalue weighted by molar-refractivity contribution is 5.87. The van der Waals surface area contributed by atoms with Crippen LogP contribution in [0.25, 0.3) is 0 Å². The SMILES string of the molecule is CN(CC1CCCOC1)C(=O)C12CCC(C(=O)N(C)CC3CCCOC3)(CC1)CC2.